The van der Waals surface area contributed by atoms with Gasteiger partial charge in [0.2, 0.25) is 5.91 Å². The van der Waals surface area contributed by atoms with Crippen LogP contribution in [0, 0.1) is 5.92 Å². The molecule has 8 heteroatoms. The number of hydrogen-bond donors (Lipinski definition) is 0. The van der Waals surface area contributed by atoms with Gasteiger partial charge in [-0.05, 0) is 48.6 Å². The molecule has 1 fully saturated rings. The number of piperidine rings is 1. The van der Waals surface area contributed by atoms with Crippen LogP contribution in [-0.4, -0.2) is 29.8 Å². The predicted octanol–water partition coefficient (Wildman–Crippen LogP) is 5.49. The summed E-state index contributed by atoms with van der Waals surface area (Å²) in [5.74, 6) is -0.172. The Bertz CT molecular complexity index is 1070. The highest BCUT2D eigenvalue weighted by Gasteiger charge is 2.33. The summed E-state index contributed by atoms with van der Waals surface area (Å²) in [6.07, 6.45) is -1.08. The van der Waals surface area contributed by atoms with E-state index in [1.165, 1.54) is 28.8 Å². The first-order chi connectivity index (χ1) is 15.2. The van der Waals surface area contributed by atoms with E-state index in [2.05, 4.69) is 6.92 Å². The molecular formula is C24H23F3N2O2S. The zero-order valence-electron chi connectivity index (χ0n) is 17.6. The van der Waals surface area contributed by atoms with Gasteiger partial charge in [-0.25, -0.2) is 0 Å². The Morgan fingerprint density at radius 3 is 2.72 bits per heavy atom. The molecule has 2 heterocycles. The molecule has 0 radical (unpaired) electrons. The lowest BCUT2D eigenvalue weighted by molar-refractivity contribution is -0.137. The molecule has 4 nitrogen and oxygen atoms in total. The maximum absolute atomic E-state index is 13.3. The van der Waals surface area contributed by atoms with Crippen molar-refractivity contribution in [3.05, 3.63) is 70.6 Å². The van der Waals surface area contributed by atoms with Gasteiger partial charge in [0.05, 0.1) is 22.7 Å². The fourth-order valence-corrected chi connectivity index (χ4v) is 5.06. The van der Waals surface area contributed by atoms with Crippen molar-refractivity contribution in [3.63, 3.8) is 0 Å². The van der Waals surface area contributed by atoms with Gasteiger partial charge in [0.15, 0.2) is 0 Å². The van der Waals surface area contributed by atoms with E-state index in [-0.39, 0.29) is 23.3 Å². The summed E-state index contributed by atoms with van der Waals surface area (Å²) in [6, 6.07) is 12.2. The van der Waals surface area contributed by atoms with Gasteiger partial charge in [0.25, 0.3) is 5.91 Å². The van der Waals surface area contributed by atoms with Crippen molar-refractivity contribution in [1.29, 1.82) is 0 Å². The number of carbonyl (C=O) groups is 2. The minimum Gasteiger partial charge on any atom is -0.339 e. The Labute approximate surface area is 189 Å². The first-order valence-corrected chi connectivity index (χ1v) is 11.3. The van der Waals surface area contributed by atoms with E-state index in [9.17, 15) is 22.8 Å². The van der Waals surface area contributed by atoms with Crippen LogP contribution in [0.25, 0.3) is 0 Å². The molecule has 1 unspecified atom stereocenters. The molecule has 2 aliphatic heterocycles. The SMILES string of the molecule is CC1CCCN(C(=O)C=C2Sc3ccccc3N(Cc3cccc(C(F)(F)F)c3)C2=O)C1. The number of alkyl halides is 3. The number of para-hydroxylation sites is 1. The van der Waals surface area contributed by atoms with Gasteiger partial charge in [-0.3, -0.25) is 9.59 Å². The second kappa shape index (κ2) is 9.02. The molecule has 2 aromatic rings. The highest BCUT2D eigenvalue weighted by molar-refractivity contribution is 8.04. The number of benzene rings is 2. The van der Waals surface area contributed by atoms with Crippen LogP contribution in [-0.2, 0) is 22.3 Å². The molecule has 0 N–H and O–H groups in total. The highest BCUT2D eigenvalue weighted by Crippen LogP contribution is 2.42. The van der Waals surface area contributed by atoms with Crippen molar-refractivity contribution < 1.29 is 22.8 Å². The molecule has 0 spiro atoms. The van der Waals surface area contributed by atoms with Gasteiger partial charge in [-0.2, -0.15) is 13.2 Å². The zero-order chi connectivity index (χ0) is 22.9. The summed E-state index contributed by atoms with van der Waals surface area (Å²) in [6.45, 7) is 3.40. The lowest BCUT2D eigenvalue weighted by atomic mass is 10.0. The number of carbonyl (C=O) groups excluding carboxylic acids is 2. The van der Waals surface area contributed by atoms with Crippen molar-refractivity contribution in [1.82, 2.24) is 4.90 Å². The summed E-state index contributed by atoms with van der Waals surface area (Å²) in [4.78, 5) is 30.4. The van der Waals surface area contributed by atoms with Crippen LogP contribution < -0.4 is 4.90 Å². The maximum atomic E-state index is 13.3. The third kappa shape index (κ3) is 4.85. The normalized spacial score (nSPS) is 20.4. The molecular weight excluding hydrogens is 437 g/mol. The average Bonchev–Trinajstić information content (AvgIpc) is 2.76. The van der Waals surface area contributed by atoms with Crippen molar-refractivity contribution in [2.75, 3.05) is 18.0 Å². The summed E-state index contributed by atoms with van der Waals surface area (Å²) in [5.41, 5.74) is 0.230. The number of anilines is 1. The first-order valence-electron chi connectivity index (χ1n) is 10.5. The molecule has 2 aromatic carbocycles. The van der Waals surface area contributed by atoms with Gasteiger partial charge >= 0.3 is 6.18 Å². The van der Waals surface area contributed by atoms with Gasteiger partial charge in [0, 0.05) is 24.1 Å². The van der Waals surface area contributed by atoms with E-state index in [4.69, 9.17) is 0 Å². The third-order valence-electron chi connectivity index (χ3n) is 5.65. The van der Waals surface area contributed by atoms with Gasteiger partial charge in [-0.15, -0.1) is 0 Å². The summed E-state index contributed by atoms with van der Waals surface area (Å²) >= 11 is 1.22. The van der Waals surface area contributed by atoms with Crippen LogP contribution in [0.4, 0.5) is 18.9 Å². The predicted molar refractivity (Wildman–Crippen MR) is 118 cm³/mol. The van der Waals surface area contributed by atoms with E-state index < -0.39 is 11.7 Å². The van der Waals surface area contributed by atoms with Gasteiger partial charge < -0.3 is 9.80 Å². The maximum Gasteiger partial charge on any atom is 0.416 e. The molecule has 0 saturated carbocycles. The fraction of sp³-hybridized carbons (Fsp3) is 0.333. The van der Waals surface area contributed by atoms with Gasteiger partial charge in [-0.1, -0.05) is 43.0 Å². The Kier molecular flexibility index (Phi) is 6.33. The second-order valence-electron chi connectivity index (χ2n) is 8.20. The van der Waals surface area contributed by atoms with Crippen LogP contribution in [0.5, 0.6) is 0 Å². The van der Waals surface area contributed by atoms with Crippen molar-refractivity contribution in [2.45, 2.75) is 37.4 Å². The Morgan fingerprint density at radius 1 is 1.19 bits per heavy atom. The van der Waals surface area contributed by atoms with Crippen molar-refractivity contribution >= 4 is 29.3 Å². The van der Waals surface area contributed by atoms with E-state index in [1.54, 1.807) is 23.1 Å². The van der Waals surface area contributed by atoms with Crippen LogP contribution in [0.2, 0.25) is 0 Å². The molecule has 32 heavy (non-hydrogen) atoms. The number of nitrogens with zero attached hydrogens (tertiary/aromatic N) is 2. The van der Waals surface area contributed by atoms with E-state index in [1.807, 2.05) is 12.1 Å². The van der Waals surface area contributed by atoms with Crippen LogP contribution in [0.15, 0.2) is 64.4 Å². The smallest absolute Gasteiger partial charge is 0.339 e. The summed E-state index contributed by atoms with van der Waals surface area (Å²) < 4.78 is 39.4. The van der Waals surface area contributed by atoms with Crippen LogP contribution >= 0.6 is 11.8 Å². The minimum atomic E-state index is -4.46. The van der Waals surface area contributed by atoms with E-state index in [0.717, 1.165) is 29.9 Å². The van der Waals surface area contributed by atoms with Crippen LogP contribution in [0.3, 0.4) is 0 Å². The minimum absolute atomic E-state index is 0.0212. The van der Waals surface area contributed by atoms with E-state index >= 15 is 0 Å². The topological polar surface area (TPSA) is 40.6 Å². The molecule has 4 rings (SSSR count). The highest BCUT2D eigenvalue weighted by atomic mass is 32.2. The average molecular weight is 461 g/mol. The molecule has 168 valence electrons. The lowest BCUT2D eigenvalue weighted by Crippen LogP contribution is -2.39. The number of likely N-dealkylation sites (tertiary alicyclic amines) is 1. The van der Waals surface area contributed by atoms with Gasteiger partial charge in [0.1, 0.15) is 0 Å². The van der Waals surface area contributed by atoms with E-state index in [0.29, 0.717) is 30.3 Å². The van der Waals surface area contributed by atoms with Crippen molar-refractivity contribution in [3.8, 4) is 0 Å². The third-order valence-corrected chi connectivity index (χ3v) is 6.73. The largest absolute Gasteiger partial charge is 0.416 e. The second-order valence-corrected chi connectivity index (χ2v) is 9.28. The molecule has 0 aliphatic carbocycles. The lowest BCUT2D eigenvalue weighted by Gasteiger charge is -2.32. The number of fused-ring (bicyclic) bond motifs is 1. The summed E-state index contributed by atoms with van der Waals surface area (Å²) in [5, 5.41) is 0. The Hall–Kier alpha value is -2.74. The van der Waals surface area contributed by atoms with Crippen LogP contribution in [0.1, 0.15) is 30.9 Å². The quantitative estimate of drug-likeness (QED) is 0.569. The number of amides is 2. The molecule has 2 aliphatic rings. The molecule has 1 atom stereocenters. The molecule has 0 bridgehead atoms. The molecule has 2 amide bonds. The first kappa shape index (κ1) is 22.5. The Morgan fingerprint density at radius 2 is 1.97 bits per heavy atom. The summed E-state index contributed by atoms with van der Waals surface area (Å²) in [7, 11) is 0. The standard InChI is InChI=1S/C24H23F3N2O2S/c1-16-6-5-11-28(14-16)22(30)13-21-23(31)29(19-9-2-3-10-20(19)32-21)15-17-7-4-8-18(12-17)24(25,26)27/h2-4,7-10,12-13,16H,5-6,11,14-15H2,1H3. The number of hydrogen-bond acceptors (Lipinski definition) is 3. The number of halogens is 3. The van der Waals surface area contributed by atoms with Crippen molar-refractivity contribution in [2.24, 2.45) is 5.92 Å². The molecule has 0 aromatic heterocycles. The Balaban J connectivity index is 1.63. The number of rotatable bonds is 3. The fourth-order valence-electron chi connectivity index (χ4n) is 4.04. The monoisotopic (exact) mass is 460 g/mol. The molecule has 1 saturated heterocycles. The zero-order valence-corrected chi connectivity index (χ0v) is 18.4. The number of thioether (sulfide) groups is 1.